The summed E-state index contributed by atoms with van der Waals surface area (Å²) in [6.45, 7) is 4.84. The molecule has 1 saturated carbocycles. The zero-order valence-corrected chi connectivity index (χ0v) is 14.1. The van der Waals surface area contributed by atoms with E-state index in [4.69, 9.17) is 9.47 Å². The Labute approximate surface area is 137 Å². The molecule has 1 aliphatic carbocycles. The maximum absolute atomic E-state index is 12.6. The summed E-state index contributed by atoms with van der Waals surface area (Å²) in [4.78, 5) is 37.8. The van der Waals surface area contributed by atoms with E-state index in [1.54, 1.807) is 11.8 Å². The summed E-state index contributed by atoms with van der Waals surface area (Å²) in [6.07, 6.45) is 5.32. The van der Waals surface area contributed by atoms with Gasteiger partial charge in [0.15, 0.2) is 0 Å². The Morgan fingerprint density at radius 2 is 1.91 bits per heavy atom. The fourth-order valence-corrected chi connectivity index (χ4v) is 3.50. The van der Waals surface area contributed by atoms with Crippen LogP contribution in [0.1, 0.15) is 52.4 Å². The molecule has 2 fully saturated rings. The number of Topliss-reactive ketones (excluding diaryl/α,β-unsaturated/α-hetero) is 1. The monoisotopic (exact) mass is 325 g/mol. The number of ketones is 1. The first-order chi connectivity index (χ1) is 11.0. The van der Waals surface area contributed by atoms with Crippen LogP contribution in [-0.4, -0.2) is 54.5 Å². The number of carbonyl (C=O) groups is 3. The van der Waals surface area contributed by atoms with E-state index in [0.29, 0.717) is 19.7 Å². The highest BCUT2D eigenvalue weighted by molar-refractivity contribution is 6.01. The first-order valence-corrected chi connectivity index (χ1v) is 8.56. The van der Waals surface area contributed by atoms with Gasteiger partial charge in [-0.1, -0.05) is 19.3 Å². The molecule has 6 nitrogen and oxygen atoms in total. The Hall–Kier alpha value is -1.43. The summed E-state index contributed by atoms with van der Waals surface area (Å²) >= 11 is 0. The number of esters is 1. The van der Waals surface area contributed by atoms with Crippen LogP contribution >= 0.6 is 0 Å². The van der Waals surface area contributed by atoms with Crippen molar-refractivity contribution in [1.82, 2.24) is 4.90 Å². The first-order valence-electron chi connectivity index (χ1n) is 8.56. The number of hydrogen-bond donors (Lipinski definition) is 0. The minimum atomic E-state index is -0.993. The summed E-state index contributed by atoms with van der Waals surface area (Å²) in [7, 11) is 0. The number of ether oxygens (including phenoxy) is 2. The van der Waals surface area contributed by atoms with Gasteiger partial charge in [0.05, 0.1) is 18.8 Å². The van der Waals surface area contributed by atoms with Gasteiger partial charge in [0, 0.05) is 19.5 Å². The number of amides is 1. The van der Waals surface area contributed by atoms with Gasteiger partial charge >= 0.3 is 5.97 Å². The van der Waals surface area contributed by atoms with E-state index in [-0.39, 0.29) is 30.3 Å². The molecule has 0 bridgehead atoms. The molecule has 1 saturated heterocycles. The number of hydrogen-bond acceptors (Lipinski definition) is 5. The van der Waals surface area contributed by atoms with Crippen molar-refractivity contribution in [2.75, 3.05) is 26.3 Å². The van der Waals surface area contributed by atoms with Gasteiger partial charge in [-0.3, -0.25) is 14.4 Å². The van der Waals surface area contributed by atoms with Gasteiger partial charge in [-0.05, 0) is 26.7 Å². The molecular formula is C17H27NO5. The second kappa shape index (κ2) is 7.90. The van der Waals surface area contributed by atoms with Crippen LogP contribution in [0.5, 0.6) is 0 Å². The number of carbonyl (C=O) groups excluding carboxylic acids is 3. The van der Waals surface area contributed by atoms with Crippen molar-refractivity contribution in [1.29, 1.82) is 0 Å². The molecule has 0 radical (unpaired) electrons. The van der Waals surface area contributed by atoms with E-state index in [0.717, 1.165) is 25.7 Å². The summed E-state index contributed by atoms with van der Waals surface area (Å²) in [5.74, 6) is -2.08. The van der Waals surface area contributed by atoms with E-state index in [1.165, 1.54) is 13.3 Å². The molecule has 1 aliphatic heterocycles. The van der Waals surface area contributed by atoms with Crippen LogP contribution in [0, 0.1) is 5.92 Å². The number of morpholine rings is 1. The number of nitrogens with zero attached hydrogens (tertiary/aromatic N) is 1. The predicted molar refractivity (Wildman–Crippen MR) is 83.8 cm³/mol. The molecule has 1 spiro atoms. The van der Waals surface area contributed by atoms with Gasteiger partial charge in [0.25, 0.3) is 0 Å². The average Bonchev–Trinajstić information content (AvgIpc) is 2.53. The minimum absolute atomic E-state index is 0.107. The molecule has 6 heteroatoms. The lowest BCUT2D eigenvalue weighted by molar-refractivity contribution is -0.162. The summed E-state index contributed by atoms with van der Waals surface area (Å²) < 4.78 is 10.9. The van der Waals surface area contributed by atoms with Crippen molar-refractivity contribution in [3.8, 4) is 0 Å². The van der Waals surface area contributed by atoms with Gasteiger partial charge in [-0.15, -0.1) is 0 Å². The van der Waals surface area contributed by atoms with Crippen molar-refractivity contribution in [2.45, 2.75) is 58.0 Å². The Bertz CT molecular complexity index is 450. The van der Waals surface area contributed by atoms with Gasteiger partial charge in [0.1, 0.15) is 11.7 Å². The van der Waals surface area contributed by atoms with E-state index < -0.39 is 11.9 Å². The Kier molecular flexibility index (Phi) is 6.16. The van der Waals surface area contributed by atoms with Crippen molar-refractivity contribution in [3.63, 3.8) is 0 Å². The molecule has 1 amide bonds. The van der Waals surface area contributed by atoms with Crippen molar-refractivity contribution < 1.29 is 23.9 Å². The molecule has 130 valence electrons. The van der Waals surface area contributed by atoms with Gasteiger partial charge in [0.2, 0.25) is 5.91 Å². The van der Waals surface area contributed by atoms with E-state index in [9.17, 15) is 14.4 Å². The van der Waals surface area contributed by atoms with Gasteiger partial charge in [-0.25, -0.2) is 0 Å². The molecule has 1 heterocycles. The highest BCUT2D eigenvalue weighted by Gasteiger charge is 2.40. The third-order valence-electron chi connectivity index (χ3n) is 4.81. The second-order valence-electron chi connectivity index (χ2n) is 6.53. The normalized spacial score (nSPS) is 21.7. The fourth-order valence-electron chi connectivity index (χ4n) is 3.50. The molecule has 2 rings (SSSR count). The molecule has 23 heavy (non-hydrogen) atoms. The molecule has 0 aromatic rings. The molecular weight excluding hydrogens is 298 g/mol. The molecule has 0 N–H and O–H groups in total. The fraction of sp³-hybridized carbons (Fsp3) is 0.824. The third kappa shape index (κ3) is 4.53. The first kappa shape index (κ1) is 17.9. The zero-order chi connectivity index (χ0) is 16.9. The van der Waals surface area contributed by atoms with Crippen LogP contribution in [0.15, 0.2) is 0 Å². The largest absolute Gasteiger partial charge is 0.465 e. The Balaban J connectivity index is 1.98. The molecule has 0 aromatic heterocycles. The average molecular weight is 325 g/mol. The van der Waals surface area contributed by atoms with Crippen LogP contribution in [-0.2, 0) is 23.9 Å². The van der Waals surface area contributed by atoms with Gasteiger partial charge in [-0.2, -0.15) is 0 Å². The van der Waals surface area contributed by atoms with E-state index >= 15 is 0 Å². The number of rotatable bonds is 5. The molecule has 0 aromatic carbocycles. The summed E-state index contributed by atoms with van der Waals surface area (Å²) in [5, 5.41) is 0. The van der Waals surface area contributed by atoms with Crippen LogP contribution in [0.2, 0.25) is 0 Å². The lowest BCUT2D eigenvalue weighted by Crippen LogP contribution is -2.54. The van der Waals surface area contributed by atoms with Crippen LogP contribution in [0.4, 0.5) is 0 Å². The van der Waals surface area contributed by atoms with Crippen LogP contribution in [0.3, 0.4) is 0 Å². The van der Waals surface area contributed by atoms with Crippen molar-refractivity contribution >= 4 is 17.7 Å². The Morgan fingerprint density at radius 3 is 2.52 bits per heavy atom. The Morgan fingerprint density at radius 1 is 1.22 bits per heavy atom. The SMILES string of the molecule is CCOC(=O)C(CC(=O)N1CCOC2(CCCCC2)C1)C(C)=O. The minimum Gasteiger partial charge on any atom is -0.465 e. The lowest BCUT2D eigenvalue weighted by atomic mass is 9.83. The van der Waals surface area contributed by atoms with E-state index in [2.05, 4.69) is 0 Å². The zero-order valence-electron chi connectivity index (χ0n) is 14.1. The quantitative estimate of drug-likeness (QED) is 0.568. The lowest BCUT2D eigenvalue weighted by Gasteiger charge is -2.45. The standard InChI is InChI=1S/C17H27NO5/c1-3-22-16(21)14(13(2)19)11-15(20)18-9-10-23-17(12-18)7-5-4-6-8-17/h14H,3-12H2,1-2H3. The van der Waals surface area contributed by atoms with Gasteiger partial charge < -0.3 is 14.4 Å². The highest BCUT2D eigenvalue weighted by atomic mass is 16.5. The summed E-state index contributed by atoms with van der Waals surface area (Å²) in [5.41, 5.74) is -0.220. The van der Waals surface area contributed by atoms with Crippen LogP contribution in [0.25, 0.3) is 0 Å². The topological polar surface area (TPSA) is 72.9 Å². The molecule has 1 unspecified atom stereocenters. The second-order valence-corrected chi connectivity index (χ2v) is 6.53. The summed E-state index contributed by atoms with van der Waals surface area (Å²) in [6, 6.07) is 0. The third-order valence-corrected chi connectivity index (χ3v) is 4.81. The molecule has 1 atom stereocenters. The van der Waals surface area contributed by atoms with Crippen molar-refractivity contribution in [3.05, 3.63) is 0 Å². The van der Waals surface area contributed by atoms with Crippen LogP contribution < -0.4 is 0 Å². The van der Waals surface area contributed by atoms with E-state index in [1.807, 2.05) is 0 Å². The highest BCUT2D eigenvalue weighted by Crippen LogP contribution is 2.34. The maximum Gasteiger partial charge on any atom is 0.316 e. The van der Waals surface area contributed by atoms with Crippen molar-refractivity contribution in [2.24, 2.45) is 5.92 Å². The molecule has 2 aliphatic rings. The maximum atomic E-state index is 12.6. The smallest absolute Gasteiger partial charge is 0.316 e. The predicted octanol–water partition coefficient (Wildman–Crippen LogP) is 1.71.